The summed E-state index contributed by atoms with van der Waals surface area (Å²) in [6.45, 7) is 0. The summed E-state index contributed by atoms with van der Waals surface area (Å²) >= 11 is 0. The van der Waals surface area contributed by atoms with Crippen LogP contribution in [0.15, 0.2) is 29.3 Å². The Morgan fingerprint density at radius 1 is 1.28 bits per heavy atom. The van der Waals surface area contributed by atoms with Crippen molar-refractivity contribution in [3.05, 3.63) is 29.8 Å². The highest BCUT2D eigenvalue weighted by Gasteiger charge is 2.44. The normalized spacial score (nSPS) is 16.8. The van der Waals surface area contributed by atoms with Gasteiger partial charge in [0.15, 0.2) is 0 Å². The summed E-state index contributed by atoms with van der Waals surface area (Å²) in [5.41, 5.74) is 1.10. The summed E-state index contributed by atoms with van der Waals surface area (Å²) in [4.78, 5) is 14.2. The molecular formula is C12H14N2O3S. The molecule has 5 nitrogen and oxygen atoms in total. The highest BCUT2D eigenvalue weighted by atomic mass is 32.2. The third kappa shape index (κ3) is 2.30. The summed E-state index contributed by atoms with van der Waals surface area (Å²) in [6.07, 6.45) is 4.43. The van der Waals surface area contributed by atoms with Gasteiger partial charge in [-0.15, -0.1) is 0 Å². The van der Waals surface area contributed by atoms with E-state index in [4.69, 9.17) is 0 Å². The molecule has 2 rings (SSSR count). The zero-order valence-electron chi connectivity index (χ0n) is 10.3. The Morgan fingerprint density at radius 3 is 2.22 bits per heavy atom. The van der Waals surface area contributed by atoms with Gasteiger partial charge in [0.2, 0.25) is 16.1 Å². The second-order valence-corrected chi connectivity index (χ2v) is 6.53. The van der Waals surface area contributed by atoms with Crippen molar-refractivity contribution in [2.45, 2.75) is 18.4 Å². The number of nitrogens with zero attached hydrogens (tertiary/aromatic N) is 2. The average Bonchev–Trinajstić information content (AvgIpc) is 3.09. The standard InChI is InChI=1S/C12H14N2O3S/c1-14(18(2,16)17)11-5-3-10(4-6-11)12(7-8-12)13-9-15/h3-6H,7-8H2,1-2H3. The van der Waals surface area contributed by atoms with Gasteiger partial charge in [-0.2, -0.15) is 4.99 Å². The van der Waals surface area contributed by atoms with Crippen molar-refractivity contribution in [2.24, 2.45) is 4.99 Å². The second-order valence-electron chi connectivity index (χ2n) is 4.51. The Bertz CT molecular complexity index is 597. The van der Waals surface area contributed by atoms with E-state index in [1.165, 1.54) is 11.4 Å². The third-order valence-electron chi connectivity index (χ3n) is 3.25. The number of aliphatic imine (C=N–C) groups is 1. The van der Waals surface area contributed by atoms with Crippen LogP contribution in [0.3, 0.4) is 0 Å². The number of hydrogen-bond acceptors (Lipinski definition) is 4. The average molecular weight is 266 g/mol. The highest BCUT2D eigenvalue weighted by Crippen LogP contribution is 2.49. The van der Waals surface area contributed by atoms with E-state index < -0.39 is 15.6 Å². The molecule has 0 heterocycles. The molecule has 0 saturated heterocycles. The molecule has 1 aromatic rings. The summed E-state index contributed by atoms with van der Waals surface area (Å²) in [5, 5.41) is 0. The van der Waals surface area contributed by atoms with Crippen LogP contribution in [0.25, 0.3) is 0 Å². The molecule has 1 aliphatic carbocycles. The zero-order valence-corrected chi connectivity index (χ0v) is 11.1. The van der Waals surface area contributed by atoms with Crippen molar-refractivity contribution >= 4 is 21.8 Å². The van der Waals surface area contributed by atoms with Crippen LogP contribution in [0.1, 0.15) is 18.4 Å². The monoisotopic (exact) mass is 266 g/mol. The molecule has 0 N–H and O–H groups in total. The summed E-state index contributed by atoms with van der Waals surface area (Å²) in [7, 11) is -1.75. The van der Waals surface area contributed by atoms with E-state index in [0.29, 0.717) is 5.69 Å². The topological polar surface area (TPSA) is 66.8 Å². The molecule has 1 fully saturated rings. The molecule has 0 spiro atoms. The number of carbonyl (C=O) groups excluding carboxylic acids is 1. The van der Waals surface area contributed by atoms with E-state index in [-0.39, 0.29) is 0 Å². The Balaban J connectivity index is 2.29. The van der Waals surface area contributed by atoms with Crippen molar-refractivity contribution in [3.63, 3.8) is 0 Å². The van der Waals surface area contributed by atoms with E-state index in [1.807, 2.05) is 12.1 Å². The lowest BCUT2D eigenvalue weighted by molar-refractivity contribution is 0.556. The molecule has 0 aliphatic heterocycles. The number of benzene rings is 1. The van der Waals surface area contributed by atoms with Crippen molar-refractivity contribution in [2.75, 3.05) is 17.6 Å². The molecule has 0 amide bonds. The molecule has 18 heavy (non-hydrogen) atoms. The van der Waals surface area contributed by atoms with Gasteiger partial charge < -0.3 is 0 Å². The molecule has 0 atom stereocenters. The number of hydrogen-bond donors (Lipinski definition) is 0. The molecule has 96 valence electrons. The highest BCUT2D eigenvalue weighted by molar-refractivity contribution is 7.92. The summed E-state index contributed by atoms with van der Waals surface area (Å²) in [5.74, 6) is 0. The minimum Gasteiger partial charge on any atom is -0.274 e. The predicted molar refractivity (Wildman–Crippen MR) is 68.7 cm³/mol. The predicted octanol–water partition coefficient (Wildman–Crippen LogP) is 1.41. The largest absolute Gasteiger partial charge is 0.274 e. The fourth-order valence-corrected chi connectivity index (χ4v) is 2.35. The van der Waals surface area contributed by atoms with Gasteiger partial charge in [0.1, 0.15) is 0 Å². The maximum atomic E-state index is 11.4. The Hall–Kier alpha value is -1.65. The number of sulfonamides is 1. The molecule has 0 bridgehead atoms. The molecule has 1 aromatic carbocycles. The smallest absolute Gasteiger partial charge is 0.235 e. The van der Waals surface area contributed by atoms with Crippen LogP contribution in [-0.2, 0) is 20.4 Å². The second kappa shape index (κ2) is 4.23. The number of isocyanates is 1. The van der Waals surface area contributed by atoms with Crippen LogP contribution >= 0.6 is 0 Å². The first-order valence-corrected chi connectivity index (χ1v) is 7.37. The molecule has 1 saturated carbocycles. The lowest BCUT2D eigenvalue weighted by Gasteiger charge is -2.17. The maximum absolute atomic E-state index is 11.4. The van der Waals surface area contributed by atoms with E-state index in [9.17, 15) is 13.2 Å². The van der Waals surface area contributed by atoms with Gasteiger partial charge in [-0.3, -0.25) is 4.31 Å². The Labute approximate surface area is 106 Å². The van der Waals surface area contributed by atoms with Crippen molar-refractivity contribution < 1.29 is 13.2 Å². The van der Waals surface area contributed by atoms with E-state index in [1.54, 1.807) is 18.2 Å². The molecule has 6 heteroatoms. The molecule has 0 aromatic heterocycles. The van der Waals surface area contributed by atoms with Gasteiger partial charge >= 0.3 is 0 Å². The summed E-state index contributed by atoms with van der Waals surface area (Å²) in [6, 6.07) is 7.06. The SMILES string of the molecule is CN(c1ccc(C2(N=C=O)CC2)cc1)S(C)(=O)=O. The minimum absolute atomic E-state index is 0.413. The van der Waals surface area contributed by atoms with Gasteiger partial charge in [0, 0.05) is 7.05 Å². The quantitative estimate of drug-likeness (QED) is 0.611. The van der Waals surface area contributed by atoms with Gasteiger partial charge in [-0.1, -0.05) is 12.1 Å². The van der Waals surface area contributed by atoms with Crippen LogP contribution in [0, 0.1) is 0 Å². The lowest BCUT2D eigenvalue weighted by atomic mass is 10.1. The Kier molecular flexibility index (Phi) is 3.00. The molecule has 1 aliphatic rings. The van der Waals surface area contributed by atoms with E-state index in [2.05, 4.69) is 4.99 Å². The van der Waals surface area contributed by atoms with Crippen molar-refractivity contribution in [1.82, 2.24) is 0 Å². The van der Waals surface area contributed by atoms with Gasteiger partial charge in [-0.05, 0) is 30.5 Å². The molecule has 0 unspecified atom stereocenters. The third-order valence-corrected chi connectivity index (χ3v) is 4.45. The van der Waals surface area contributed by atoms with E-state index in [0.717, 1.165) is 24.7 Å². The fraction of sp³-hybridized carbons (Fsp3) is 0.417. The van der Waals surface area contributed by atoms with Gasteiger partial charge in [-0.25, -0.2) is 13.2 Å². The number of anilines is 1. The fourth-order valence-electron chi connectivity index (χ4n) is 1.84. The van der Waals surface area contributed by atoms with Crippen LogP contribution < -0.4 is 4.31 Å². The maximum Gasteiger partial charge on any atom is 0.235 e. The van der Waals surface area contributed by atoms with Gasteiger partial charge in [0.05, 0.1) is 17.5 Å². The van der Waals surface area contributed by atoms with Crippen LogP contribution in [0.4, 0.5) is 5.69 Å². The van der Waals surface area contributed by atoms with Crippen molar-refractivity contribution in [1.29, 1.82) is 0 Å². The summed E-state index contributed by atoms with van der Waals surface area (Å²) < 4.78 is 24.0. The van der Waals surface area contributed by atoms with Crippen molar-refractivity contribution in [3.8, 4) is 0 Å². The molecular weight excluding hydrogens is 252 g/mol. The first-order valence-electron chi connectivity index (χ1n) is 5.52. The molecule has 0 radical (unpaired) electrons. The lowest BCUT2D eigenvalue weighted by Crippen LogP contribution is -2.24. The van der Waals surface area contributed by atoms with Gasteiger partial charge in [0.25, 0.3) is 0 Å². The Morgan fingerprint density at radius 2 is 1.83 bits per heavy atom. The van der Waals surface area contributed by atoms with Crippen LogP contribution in [0.2, 0.25) is 0 Å². The van der Waals surface area contributed by atoms with Crippen LogP contribution in [-0.4, -0.2) is 27.8 Å². The zero-order chi connectivity index (χ0) is 13.4. The first-order chi connectivity index (χ1) is 8.39. The van der Waals surface area contributed by atoms with E-state index >= 15 is 0 Å². The number of rotatable bonds is 4. The van der Waals surface area contributed by atoms with Crippen LogP contribution in [0.5, 0.6) is 0 Å². The first kappa shape index (κ1) is 12.8. The minimum atomic E-state index is -3.25.